The van der Waals surface area contributed by atoms with E-state index in [1.54, 1.807) is 11.3 Å². The van der Waals surface area contributed by atoms with E-state index >= 15 is 0 Å². The van der Waals surface area contributed by atoms with Gasteiger partial charge in [0, 0.05) is 9.90 Å². The lowest BCUT2D eigenvalue weighted by molar-refractivity contribution is -0.124. The lowest BCUT2D eigenvalue weighted by Crippen LogP contribution is -2.30. The van der Waals surface area contributed by atoms with Gasteiger partial charge < -0.3 is 10.1 Å². The molecule has 0 bridgehead atoms. The molecule has 2 aromatic rings. The van der Waals surface area contributed by atoms with Crippen molar-refractivity contribution in [3.63, 3.8) is 0 Å². The number of carbonyl (C=O) groups is 2. The van der Waals surface area contributed by atoms with E-state index in [0.29, 0.717) is 5.02 Å². The zero-order chi connectivity index (χ0) is 16.1. The average molecular weight is 358 g/mol. The van der Waals surface area contributed by atoms with Gasteiger partial charge in [0.25, 0.3) is 5.91 Å². The molecule has 0 spiro atoms. The van der Waals surface area contributed by atoms with Crippen LogP contribution in [0.1, 0.15) is 28.2 Å². The first-order valence-corrected chi connectivity index (χ1v) is 8.06. The van der Waals surface area contributed by atoms with Gasteiger partial charge in [-0.05, 0) is 36.6 Å². The van der Waals surface area contributed by atoms with E-state index in [4.69, 9.17) is 27.9 Å². The van der Waals surface area contributed by atoms with Crippen molar-refractivity contribution in [2.75, 3.05) is 6.61 Å². The van der Waals surface area contributed by atoms with Crippen molar-refractivity contribution < 1.29 is 14.3 Å². The number of amides is 1. The fourth-order valence-corrected chi connectivity index (χ4v) is 2.98. The molecule has 0 saturated carbocycles. The van der Waals surface area contributed by atoms with Gasteiger partial charge in [0.1, 0.15) is 0 Å². The van der Waals surface area contributed by atoms with Gasteiger partial charge in [0.15, 0.2) is 6.61 Å². The van der Waals surface area contributed by atoms with E-state index < -0.39 is 5.97 Å². The Bertz CT molecular complexity index is 673. The number of hydrogen-bond acceptors (Lipinski definition) is 4. The highest BCUT2D eigenvalue weighted by Crippen LogP contribution is 2.21. The number of nitrogens with one attached hydrogen (secondary N) is 1. The molecule has 1 N–H and O–H groups in total. The third kappa shape index (κ3) is 4.47. The van der Waals surface area contributed by atoms with Crippen LogP contribution in [-0.2, 0) is 9.53 Å². The maximum absolute atomic E-state index is 11.9. The Labute approximate surface area is 142 Å². The normalized spacial score (nSPS) is 11.8. The van der Waals surface area contributed by atoms with E-state index in [9.17, 15) is 9.59 Å². The van der Waals surface area contributed by atoms with Crippen LogP contribution in [0.2, 0.25) is 10.0 Å². The largest absolute Gasteiger partial charge is 0.452 e. The highest BCUT2D eigenvalue weighted by atomic mass is 35.5. The van der Waals surface area contributed by atoms with Gasteiger partial charge in [-0.2, -0.15) is 0 Å². The summed E-state index contributed by atoms with van der Waals surface area (Å²) in [7, 11) is 0. The molecule has 0 saturated heterocycles. The van der Waals surface area contributed by atoms with Gasteiger partial charge in [0.05, 0.1) is 16.6 Å². The van der Waals surface area contributed by atoms with Crippen LogP contribution in [-0.4, -0.2) is 18.5 Å². The molecule has 0 aliphatic rings. The number of esters is 1. The molecule has 0 fully saturated rings. The molecule has 0 radical (unpaired) electrons. The number of rotatable bonds is 5. The van der Waals surface area contributed by atoms with Crippen molar-refractivity contribution >= 4 is 46.4 Å². The molecule has 0 unspecified atom stereocenters. The average Bonchev–Trinajstić information content (AvgIpc) is 2.99. The van der Waals surface area contributed by atoms with Crippen LogP contribution in [0.3, 0.4) is 0 Å². The molecule has 1 aromatic carbocycles. The molecule has 2 rings (SSSR count). The monoisotopic (exact) mass is 357 g/mol. The molecular weight excluding hydrogens is 345 g/mol. The second kappa shape index (κ2) is 7.63. The first-order valence-electron chi connectivity index (χ1n) is 6.42. The van der Waals surface area contributed by atoms with Gasteiger partial charge in [-0.1, -0.05) is 29.3 Å². The summed E-state index contributed by atoms with van der Waals surface area (Å²) in [5, 5.41) is 5.29. The van der Waals surface area contributed by atoms with Crippen LogP contribution in [0.5, 0.6) is 0 Å². The lowest BCUT2D eigenvalue weighted by Gasteiger charge is -2.12. The van der Waals surface area contributed by atoms with Crippen LogP contribution in [0, 0.1) is 0 Å². The Balaban J connectivity index is 1.86. The standard InChI is InChI=1S/C15H13Cl2NO3S/c1-9(13-3-2-6-22-13)18-14(19)8-21-15(20)11-5-4-10(16)7-12(11)17/h2-7,9H,8H2,1H3,(H,18,19)/t9-/m0/s1. The smallest absolute Gasteiger partial charge is 0.340 e. The summed E-state index contributed by atoms with van der Waals surface area (Å²) in [6.07, 6.45) is 0. The van der Waals surface area contributed by atoms with Gasteiger partial charge in [-0.15, -0.1) is 11.3 Å². The molecule has 22 heavy (non-hydrogen) atoms. The molecule has 1 aromatic heterocycles. The maximum Gasteiger partial charge on any atom is 0.340 e. The first kappa shape index (κ1) is 16.8. The van der Waals surface area contributed by atoms with Crippen LogP contribution in [0.4, 0.5) is 0 Å². The fraction of sp³-hybridized carbons (Fsp3) is 0.200. The summed E-state index contributed by atoms with van der Waals surface area (Å²) in [5.41, 5.74) is 0.171. The van der Waals surface area contributed by atoms with Gasteiger partial charge >= 0.3 is 5.97 Å². The molecular formula is C15H13Cl2NO3S. The van der Waals surface area contributed by atoms with Crippen molar-refractivity contribution in [2.24, 2.45) is 0 Å². The Hall–Kier alpha value is -1.56. The van der Waals surface area contributed by atoms with E-state index in [-0.39, 0.29) is 29.1 Å². The maximum atomic E-state index is 11.9. The molecule has 116 valence electrons. The second-order valence-corrected chi connectivity index (χ2v) is 6.33. The van der Waals surface area contributed by atoms with Crippen molar-refractivity contribution in [3.05, 3.63) is 56.2 Å². The predicted octanol–water partition coefficient (Wildman–Crippen LogP) is 4.09. The van der Waals surface area contributed by atoms with Crippen LogP contribution >= 0.6 is 34.5 Å². The molecule has 7 heteroatoms. The Morgan fingerprint density at radius 3 is 2.73 bits per heavy atom. The molecule has 0 aliphatic heterocycles. The Morgan fingerprint density at radius 1 is 1.32 bits per heavy atom. The highest BCUT2D eigenvalue weighted by molar-refractivity contribution is 7.10. The fourth-order valence-electron chi connectivity index (χ4n) is 1.76. The van der Waals surface area contributed by atoms with E-state index in [2.05, 4.69) is 5.32 Å². The van der Waals surface area contributed by atoms with Crippen molar-refractivity contribution in [1.29, 1.82) is 0 Å². The number of ether oxygens (including phenoxy) is 1. The number of hydrogen-bond donors (Lipinski definition) is 1. The van der Waals surface area contributed by atoms with Crippen LogP contribution < -0.4 is 5.32 Å². The number of halogens is 2. The minimum absolute atomic E-state index is 0.134. The zero-order valence-electron chi connectivity index (χ0n) is 11.6. The molecule has 1 heterocycles. The summed E-state index contributed by atoms with van der Waals surface area (Å²) in [6.45, 7) is 1.50. The van der Waals surface area contributed by atoms with E-state index in [0.717, 1.165) is 4.88 Å². The summed E-state index contributed by atoms with van der Waals surface area (Å²) in [5.74, 6) is -1.04. The summed E-state index contributed by atoms with van der Waals surface area (Å²) < 4.78 is 4.95. The molecule has 1 atom stereocenters. The van der Waals surface area contributed by atoms with E-state index in [1.165, 1.54) is 18.2 Å². The molecule has 4 nitrogen and oxygen atoms in total. The third-order valence-electron chi connectivity index (χ3n) is 2.83. The molecule has 1 amide bonds. The number of carbonyl (C=O) groups excluding carboxylic acids is 2. The van der Waals surface area contributed by atoms with Gasteiger partial charge in [-0.25, -0.2) is 4.79 Å². The molecule has 0 aliphatic carbocycles. The van der Waals surface area contributed by atoms with Crippen molar-refractivity contribution in [2.45, 2.75) is 13.0 Å². The van der Waals surface area contributed by atoms with Gasteiger partial charge in [0.2, 0.25) is 0 Å². The summed E-state index contributed by atoms with van der Waals surface area (Å²) in [4.78, 5) is 24.7. The third-order valence-corrected chi connectivity index (χ3v) is 4.44. The zero-order valence-corrected chi connectivity index (χ0v) is 14.0. The van der Waals surface area contributed by atoms with Crippen LogP contribution in [0.15, 0.2) is 35.7 Å². The first-order chi connectivity index (χ1) is 10.5. The SMILES string of the molecule is C[C@H](NC(=O)COC(=O)c1ccc(Cl)cc1Cl)c1cccs1. The highest BCUT2D eigenvalue weighted by Gasteiger charge is 2.15. The minimum Gasteiger partial charge on any atom is -0.452 e. The van der Waals surface area contributed by atoms with E-state index in [1.807, 2.05) is 24.4 Å². The second-order valence-electron chi connectivity index (χ2n) is 4.50. The van der Waals surface area contributed by atoms with Crippen molar-refractivity contribution in [1.82, 2.24) is 5.32 Å². The lowest BCUT2D eigenvalue weighted by atomic mass is 10.2. The van der Waals surface area contributed by atoms with Crippen molar-refractivity contribution in [3.8, 4) is 0 Å². The Morgan fingerprint density at radius 2 is 2.09 bits per heavy atom. The number of benzene rings is 1. The predicted molar refractivity (Wildman–Crippen MR) is 87.6 cm³/mol. The quantitative estimate of drug-likeness (QED) is 0.819. The number of thiophene rings is 1. The minimum atomic E-state index is -0.666. The van der Waals surface area contributed by atoms with Gasteiger partial charge in [-0.3, -0.25) is 4.79 Å². The van der Waals surface area contributed by atoms with Crippen LogP contribution in [0.25, 0.3) is 0 Å². The summed E-state index contributed by atoms with van der Waals surface area (Å²) >= 11 is 13.2. The Kier molecular flexibility index (Phi) is 5.83. The summed E-state index contributed by atoms with van der Waals surface area (Å²) in [6, 6.07) is 8.13. The topological polar surface area (TPSA) is 55.4 Å².